The first kappa shape index (κ1) is 20.2. The zero-order chi connectivity index (χ0) is 16.5. The maximum atomic E-state index is 2.38. The van der Waals surface area contributed by atoms with Gasteiger partial charge in [-0.25, -0.2) is 0 Å². The molecule has 0 saturated carbocycles. The number of hydrogen-bond donors (Lipinski definition) is 0. The van der Waals surface area contributed by atoms with Crippen LogP contribution in [0.25, 0.3) is 0 Å². The fourth-order valence-electron chi connectivity index (χ4n) is 2.73. The zero-order valence-electron chi connectivity index (χ0n) is 15.8. The summed E-state index contributed by atoms with van der Waals surface area (Å²) in [6.45, 7) is 18.1. The van der Waals surface area contributed by atoms with Gasteiger partial charge in [-0.05, 0) is 47.6 Å². The van der Waals surface area contributed by atoms with Crippen LogP contribution >= 0.6 is 0 Å². The summed E-state index contributed by atoms with van der Waals surface area (Å²) >= 11 is 0. The van der Waals surface area contributed by atoms with Crippen LogP contribution in [0.1, 0.15) is 79.4 Å². The van der Waals surface area contributed by atoms with Gasteiger partial charge in [-0.2, -0.15) is 0 Å². The van der Waals surface area contributed by atoms with Crippen LogP contribution in [0, 0.1) is 17.3 Å². The largest absolute Gasteiger partial charge is 0.0683 e. The summed E-state index contributed by atoms with van der Waals surface area (Å²) in [6, 6.07) is 9.30. The molecule has 0 heterocycles. The molecule has 0 aromatic heterocycles. The fraction of sp³-hybridized carbons (Fsp3) is 0.714. The van der Waals surface area contributed by atoms with Gasteiger partial charge in [0.2, 0.25) is 0 Å². The highest BCUT2D eigenvalue weighted by Gasteiger charge is 2.25. The molecule has 0 aliphatic rings. The lowest BCUT2D eigenvalue weighted by molar-refractivity contribution is 0.203. The van der Waals surface area contributed by atoms with Crippen LogP contribution in [0.2, 0.25) is 0 Å². The molecule has 0 fully saturated rings. The quantitative estimate of drug-likeness (QED) is 0.533. The highest BCUT2D eigenvalue weighted by atomic mass is 14.3. The molecular formula is C21H38. The normalized spacial score (nSPS) is 12.8. The molecule has 1 aromatic carbocycles. The van der Waals surface area contributed by atoms with Crippen LogP contribution in [0.3, 0.4) is 0 Å². The molecule has 0 N–H and O–H groups in total. The SMILES string of the molecule is CC.CCCc1ccc(CC(CC(C)C)C(C)(C)C)cc1. The second-order valence-electron chi connectivity index (χ2n) is 7.46. The first-order chi connectivity index (χ1) is 9.82. The Morgan fingerprint density at radius 3 is 1.76 bits per heavy atom. The zero-order valence-corrected chi connectivity index (χ0v) is 15.8. The smallest absolute Gasteiger partial charge is 0.0245 e. The highest BCUT2D eigenvalue weighted by molar-refractivity contribution is 5.23. The Kier molecular flexibility index (Phi) is 9.66. The van der Waals surface area contributed by atoms with Crippen molar-refractivity contribution in [2.45, 2.75) is 81.1 Å². The predicted octanol–water partition coefficient (Wildman–Crippen LogP) is 6.92. The van der Waals surface area contributed by atoms with E-state index in [9.17, 15) is 0 Å². The molecule has 21 heavy (non-hydrogen) atoms. The minimum absolute atomic E-state index is 0.395. The summed E-state index contributed by atoms with van der Waals surface area (Å²) in [7, 11) is 0. The summed E-state index contributed by atoms with van der Waals surface area (Å²) in [5, 5.41) is 0. The molecule has 1 aromatic rings. The van der Waals surface area contributed by atoms with Crippen molar-refractivity contribution in [3.63, 3.8) is 0 Å². The molecule has 0 saturated heterocycles. The summed E-state index contributed by atoms with van der Waals surface area (Å²) in [5.74, 6) is 1.55. The second-order valence-corrected chi connectivity index (χ2v) is 7.46. The number of hydrogen-bond acceptors (Lipinski definition) is 0. The van der Waals surface area contributed by atoms with Crippen molar-refractivity contribution < 1.29 is 0 Å². The molecule has 0 radical (unpaired) electrons. The second kappa shape index (κ2) is 10.0. The Morgan fingerprint density at radius 1 is 0.905 bits per heavy atom. The first-order valence-electron chi connectivity index (χ1n) is 8.90. The van der Waals surface area contributed by atoms with Crippen LogP contribution in [0.15, 0.2) is 24.3 Å². The molecule has 0 amide bonds. The van der Waals surface area contributed by atoms with Crippen molar-refractivity contribution in [1.82, 2.24) is 0 Å². The lowest BCUT2D eigenvalue weighted by Crippen LogP contribution is -2.24. The molecule has 1 unspecified atom stereocenters. The number of aryl methyl sites for hydroxylation is 1. The summed E-state index contributed by atoms with van der Waals surface area (Å²) in [6.07, 6.45) is 4.97. The molecule has 0 nitrogen and oxygen atoms in total. The Bertz CT molecular complexity index is 351. The van der Waals surface area contributed by atoms with E-state index in [1.54, 1.807) is 0 Å². The van der Waals surface area contributed by atoms with Gasteiger partial charge < -0.3 is 0 Å². The lowest BCUT2D eigenvalue weighted by Gasteiger charge is -2.32. The Morgan fingerprint density at radius 2 is 1.38 bits per heavy atom. The van der Waals surface area contributed by atoms with E-state index in [0.717, 1.165) is 11.8 Å². The van der Waals surface area contributed by atoms with Gasteiger partial charge in [0.1, 0.15) is 0 Å². The van der Waals surface area contributed by atoms with E-state index in [1.165, 1.54) is 36.8 Å². The Hall–Kier alpha value is -0.780. The van der Waals surface area contributed by atoms with Crippen molar-refractivity contribution in [3.8, 4) is 0 Å². The minimum atomic E-state index is 0.395. The van der Waals surface area contributed by atoms with Gasteiger partial charge in [-0.1, -0.05) is 86.1 Å². The molecule has 0 aliphatic carbocycles. The number of rotatable bonds is 6. The van der Waals surface area contributed by atoms with E-state index in [4.69, 9.17) is 0 Å². The summed E-state index contributed by atoms with van der Waals surface area (Å²) in [5.41, 5.74) is 3.37. The predicted molar refractivity (Wildman–Crippen MR) is 97.9 cm³/mol. The molecular weight excluding hydrogens is 252 g/mol. The monoisotopic (exact) mass is 290 g/mol. The van der Waals surface area contributed by atoms with Crippen LogP contribution in [0.4, 0.5) is 0 Å². The topological polar surface area (TPSA) is 0 Å². The van der Waals surface area contributed by atoms with Crippen molar-refractivity contribution in [2.24, 2.45) is 17.3 Å². The van der Waals surface area contributed by atoms with Gasteiger partial charge >= 0.3 is 0 Å². The van der Waals surface area contributed by atoms with Gasteiger partial charge in [-0.3, -0.25) is 0 Å². The lowest BCUT2D eigenvalue weighted by atomic mass is 9.73. The van der Waals surface area contributed by atoms with Gasteiger partial charge in [0.05, 0.1) is 0 Å². The maximum Gasteiger partial charge on any atom is -0.0245 e. The third-order valence-corrected chi connectivity index (χ3v) is 4.02. The van der Waals surface area contributed by atoms with E-state index >= 15 is 0 Å². The molecule has 1 rings (SSSR count). The van der Waals surface area contributed by atoms with Crippen molar-refractivity contribution in [3.05, 3.63) is 35.4 Å². The summed E-state index contributed by atoms with van der Waals surface area (Å²) in [4.78, 5) is 0. The molecule has 0 heteroatoms. The van der Waals surface area contributed by atoms with Gasteiger partial charge in [0.25, 0.3) is 0 Å². The molecule has 122 valence electrons. The first-order valence-corrected chi connectivity index (χ1v) is 8.90. The highest BCUT2D eigenvalue weighted by Crippen LogP contribution is 2.34. The van der Waals surface area contributed by atoms with E-state index < -0.39 is 0 Å². The Balaban J connectivity index is 0.00000191. The van der Waals surface area contributed by atoms with Crippen molar-refractivity contribution >= 4 is 0 Å². The van der Waals surface area contributed by atoms with Crippen LogP contribution in [-0.4, -0.2) is 0 Å². The minimum Gasteiger partial charge on any atom is -0.0683 e. The van der Waals surface area contributed by atoms with E-state index in [-0.39, 0.29) is 0 Å². The van der Waals surface area contributed by atoms with Crippen LogP contribution < -0.4 is 0 Å². The molecule has 1 atom stereocenters. The summed E-state index contributed by atoms with van der Waals surface area (Å²) < 4.78 is 0. The van der Waals surface area contributed by atoms with Crippen LogP contribution in [-0.2, 0) is 12.8 Å². The van der Waals surface area contributed by atoms with E-state index in [1.807, 2.05) is 13.8 Å². The van der Waals surface area contributed by atoms with E-state index in [0.29, 0.717) is 5.41 Å². The molecule has 0 spiro atoms. The molecule has 0 bridgehead atoms. The van der Waals surface area contributed by atoms with Crippen molar-refractivity contribution in [2.75, 3.05) is 0 Å². The molecule has 0 aliphatic heterocycles. The van der Waals surface area contributed by atoms with Gasteiger partial charge in [0, 0.05) is 0 Å². The average molecular weight is 291 g/mol. The van der Waals surface area contributed by atoms with Gasteiger partial charge in [-0.15, -0.1) is 0 Å². The third kappa shape index (κ3) is 8.29. The van der Waals surface area contributed by atoms with Crippen LogP contribution in [0.5, 0.6) is 0 Å². The maximum absolute atomic E-state index is 2.38. The van der Waals surface area contributed by atoms with E-state index in [2.05, 4.69) is 65.8 Å². The average Bonchev–Trinajstić information content (AvgIpc) is 2.41. The Labute approximate surface area is 134 Å². The van der Waals surface area contributed by atoms with Crippen molar-refractivity contribution in [1.29, 1.82) is 0 Å². The standard InChI is InChI=1S/C19H32.C2H6/c1-7-8-16-9-11-17(12-10-16)14-18(13-15(2)3)19(4,5)6;1-2/h9-12,15,18H,7-8,13-14H2,1-6H3;1-2H3. The number of benzene rings is 1. The third-order valence-electron chi connectivity index (χ3n) is 4.02. The fourth-order valence-corrected chi connectivity index (χ4v) is 2.73. The van der Waals surface area contributed by atoms with Gasteiger partial charge in [0.15, 0.2) is 0 Å².